The highest BCUT2D eigenvalue weighted by molar-refractivity contribution is 6.00. The van der Waals surface area contributed by atoms with E-state index in [2.05, 4.69) is 6.92 Å². The lowest BCUT2D eigenvalue weighted by Crippen LogP contribution is -2.40. The van der Waals surface area contributed by atoms with Crippen molar-refractivity contribution >= 4 is 11.6 Å². The predicted molar refractivity (Wildman–Crippen MR) is 71.3 cm³/mol. The molecule has 4 nitrogen and oxygen atoms in total. The van der Waals surface area contributed by atoms with E-state index in [0.717, 1.165) is 12.0 Å². The van der Waals surface area contributed by atoms with Crippen LogP contribution in [0, 0.1) is 12.8 Å². The molecule has 1 aromatic rings. The maximum absolute atomic E-state index is 12.5. The van der Waals surface area contributed by atoms with Crippen molar-refractivity contribution in [3.05, 3.63) is 29.3 Å². The third-order valence-corrected chi connectivity index (χ3v) is 3.88. The van der Waals surface area contributed by atoms with Crippen molar-refractivity contribution in [2.75, 3.05) is 18.9 Å². The molecule has 98 valence electrons. The van der Waals surface area contributed by atoms with Crippen LogP contribution >= 0.6 is 0 Å². The Labute approximate surface area is 107 Å². The molecule has 0 radical (unpaired) electrons. The molecular weight excluding hydrogens is 228 g/mol. The first-order chi connectivity index (χ1) is 8.56. The summed E-state index contributed by atoms with van der Waals surface area (Å²) in [5.41, 5.74) is 7.96. The van der Waals surface area contributed by atoms with Gasteiger partial charge in [0, 0.05) is 12.2 Å². The number of para-hydroxylation sites is 1. The Hall–Kier alpha value is -1.55. The van der Waals surface area contributed by atoms with E-state index in [4.69, 9.17) is 5.73 Å². The van der Waals surface area contributed by atoms with Gasteiger partial charge in [-0.15, -0.1) is 0 Å². The molecule has 2 rings (SSSR count). The molecule has 4 heteroatoms. The molecule has 1 heterocycles. The Bertz CT molecular complexity index is 459. The molecule has 0 saturated carbocycles. The molecule has 18 heavy (non-hydrogen) atoms. The van der Waals surface area contributed by atoms with Gasteiger partial charge in [0.2, 0.25) is 0 Å². The summed E-state index contributed by atoms with van der Waals surface area (Å²) in [4.78, 5) is 14.2. The van der Waals surface area contributed by atoms with Crippen molar-refractivity contribution in [3.8, 4) is 0 Å². The van der Waals surface area contributed by atoms with Crippen molar-refractivity contribution in [2.45, 2.75) is 26.3 Å². The number of aliphatic hydroxyl groups is 1. The van der Waals surface area contributed by atoms with Crippen LogP contribution in [0.2, 0.25) is 0 Å². The van der Waals surface area contributed by atoms with Crippen molar-refractivity contribution in [3.63, 3.8) is 0 Å². The average molecular weight is 248 g/mol. The summed E-state index contributed by atoms with van der Waals surface area (Å²) in [6.07, 6.45) is 0.933. The maximum atomic E-state index is 12.5. The van der Waals surface area contributed by atoms with Crippen molar-refractivity contribution in [2.24, 2.45) is 5.92 Å². The van der Waals surface area contributed by atoms with Crippen molar-refractivity contribution < 1.29 is 9.90 Å². The largest absolute Gasteiger partial charge is 0.398 e. The number of aryl methyl sites for hydroxylation is 1. The molecule has 2 atom stereocenters. The number of carbonyl (C=O) groups is 1. The van der Waals surface area contributed by atoms with Gasteiger partial charge in [0.1, 0.15) is 0 Å². The Balaban J connectivity index is 2.29. The van der Waals surface area contributed by atoms with Gasteiger partial charge in [-0.1, -0.05) is 19.1 Å². The number of hydrogen-bond acceptors (Lipinski definition) is 3. The van der Waals surface area contributed by atoms with E-state index >= 15 is 0 Å². The molecule has 1 aliphatic rings. The van der Waals surface area contributed by atoms with E-state index in [1.807, 2.05) is 19.1 Å². The second-order valence-electron chi connectivity index (χ2n) is 5.05. The van der Waals surface area contributed by atoms with E-state index in [1.165, 1.54) is 0 Å². The zero-order valence-electron chi connectivity index (χ0n) is 10.9. The molecule has 1 aromatic carbocycles. The number of nitrogen functional groups attached to an aromatic ring is 1. The number of likely N-dealkylation sites (tertiary alicyclic amines) is 1. The van der Waals surface area contributed by atoms with Gasteiger partial charge in [-0.2, -0.15) is 0 Å². The van der Waals surface area contributed by atoms with Crippen LogP contribution in [0.1, 0.15) is 29.3 Å². The first-order valence-corrected chi connectivity index (χ1v) is 6.33. The van der Waals surface area contributed by atoms with Gasteiger partial charge in [-0.3, -0.25) is 4.79 Å². The fraction of sp³-hybridized carbons (Fsp3) is 0.500. The second kappa shape index (κ2) is 4.98. The predicted octanol–water partition coefficient (Wildman–Crippen LogP) is 1.42. The molecule has 1 amide bonds. The molecule has 1 fully saturated rings. The molecule has 3 N–H and O–H groups in total. The van der Waals surface area contributed by atoms with E-state index in [-0.39, 0.29) is 18.6 Å². The van der Waals surface area contributed by atoms with Crippen LogP contribution in [0.15, 0.2) is 18.2 Å². The van der Waals surface area contributed by atoms with Crippen LogP contribution < -0.4 is 5.73 Å². The lowest BCUT2D eigenvalue weighted by Gasteiger charge is -2.26. The number of carbonyl (C=O) groups excluding carboxylic acids is 1. The van der Waals surface area contributed by atoms with E-state index < -0.39 is 0 Å². The van der Waals surface area contributed by atoms with Crippen molar-refractivity contribution in [1.29, 1.82) is 0 Å². The quantitative estimate of drug-likeness (QED) is 0.778. The Morgan fingerprint density at radius 3 is 2.94 bits per heavy atom. The summed E-state index contributed by atoms with van der Waals surface area (Å²) in [6, 6.07) is 5.40. The first-order valence-electron chi connectivity index (χ1n) is 6.33. The van der Waals surface area contributed by atoms with Crippen molar-refractivity contribution in [1.82, 2.24) is 4.90 Å². The minimum Gasteiger partial charge on any atom is -0.398 e. The lowest BCUT2D eigenvalue weighted by molar-refractivity contribution is 0.0649. The highest BCUT2D eigenvalue weighted by atomic mass is 16.3. The summed E-state index contributed by atoms with van der Waals surface area (Å²) in [6.45, 7) is 4.66. The second-order valence-corrected chi connectivity index (χ2v) is 5.05. The fourth-order valence-corrected chi connectivity index (χ4v) is 2.56. The molecule has 2 unspecified atom stereocenters. The molecule has 0 bridgehead atoms. The third kappa shape index (κ3) is 2.08. The van der Waals surface area contributed by atoms with E-state index in [0.29, 0.717) is 23.7 Å². The highest BCUT2D eigenvalue weighted by Gasteiger charge is 2.34. The molecule has 0 aromatic heterocycles. The van der Waals surface area contributed by atoms with Gasteiger partial charge in [0.15, 0.2) is 0 Å². The standard InChI is InChI=1S/C14H20N2O2/c1-9-6-7-16(12(9)8-17)14(18)11-5-3-4-10(2)13(11)15/h3-5,9,12,17H,6-8,15H2,1-2H3. The number of nitrogens with two attached hydrogens (primary N) is 1. The summed E-state index contributed by atoms with van der Waals surface area (Å²) < 4.78 is 0. The Morgan fingerprint density at radius 1 is 1.56 bits per heavy atom. The van der Waals surface area contributed by atoms with Gasteiger partial charge in [-0.05, 0) is 30.9 Å². The van der Waals surface area contributed by atoms with Gasteiger partial charge in [0.25, 0.3) is 5.91 Å². The van der Waals surface area contributed by atoms with Crippen LogP contribution in [0.3, 0.4) is 0 Å². The third-order valence-electron chi connectivity index (χ3n) is 3.88. The zero-order valence-corrected chi connectivity index (χ0v) is 10.9. The fourth-order valence-electron chi connectivity index (χ4n) is 2.56. The summed E-state index contributed by atoms with van der Waals surface area (Å²) in [7, 11) is 0. The van der Waals surface area contributed by atoms with Gasteiger partial charge in [0.05, 0.1) is 18.2 Å². The first kappa shape index (κ1) is 12.9. The Kier molecular flexibility index (Phi) is 3.57. The van der Waals surface area contributed by atoms with Gasteiger partial charge < -0.3 is 15.7 Å². The number of amides is 1. The molecule has 0 aliphatic carbocycles. The molecule has 0 spiro atoms. The van der Waals surface area contributed by atoms with E-state index in [9.17, 15) is 9.90 Å². The zero-order chi connectivity index (χ0) is 13.3. The number of rotatable bonds is 2. The Morgan fingerprint density at radius 2 is 2.28 bits per heavy atom. The number of anilines is 1. The number of nitrogens with zero attached hydrogens (tertiary/aromatic N) is 1. The smallest absolute Gasteiger partial charge is 0.256 e. The van der Waals surface area contributed by atoms with Crippen LogP contribution in [0.4, 0.5) is 5.69 Å². The highest BCUT2D eigenvalue weighted by Crippen LogP contribution is 2.27. The number of aliphatic hydroxyl groups excluding tert-OH is 1. The molecule has 1 saturated heterocycles. The normalized spacial score (nSPS) is 23.4. The monoisotopic (exact) mass is 248 g/mol. The molecule has 1 aliphatic heterocycles. The summed E-state index contributed by atoms with van der Waals surface area (Å²) in [5.74, 6) is 0.268. The maximum Gasteiger partial charge on any atom is 0.256 e. The summed E-state index contributed by atoms with van der Waals surface area (Å²) in [5, 5.41) is 9.40. The van der Waals surface area contributed by atoms with Crippen LogP contribution in [-0.4, -0.2) is 35.1 Å². The number of hydrogen-bond donors (Lipinski definition) is 2. The average Bonchev–Trinajstić information content (AvgIpc) is 2.73. The van der Waals surface area contributed by atoms with Gasteiger partial charge in [-0.25, -0.2) is 0 Å². The van der Waals surface area contributed by atoms with Crippen LogP contribution in [-0.2, 0) is 0 Å². The SMILES string of the molecule is Cc1cccc(C(=O)N2CCC(C)C2CO)c1N. The topological polar surface area (TPSA) is 66.6 Å². The lowest BCUT2D eigenvalue weighted by atomic mass is 10.0. The van der Waals surface area contributed by atoms with Crippen LogP contribution in [0.25, 0.3) is 0 Å². The minimum absolute atomic E-state index is 0.0125. The molecular formula is C14H20N2O2. The number of benzene rings is 1. The summed E-state index contributed by atoms with van der Waals surface area (Å²) >= 11 is 0. The minimum atomic E-state index is -0.0857. The van der Waals surface area contributed by atoms with Gasteiger partial charge >= 0.3 is 0 Å². The van der Waals surface area contributed by atoms with E-state index in [1.54, 1.807) is 11.0 Å². The van der Waals surface area contributed by atoms with Crippen LogP contribution in [0.5, 0.6) is 0 Å².